The van der Waals surface area contributed by atoms with Crippen molar-refractivity contribution in [1.29, 1.82) is 0 Å². The Kier molecular flexibility index (Phi) is 4.84. The molecule has 1 aliphatic carbocycles. The van der Waals surface area contributed by atoms with Gasteiger partial charge in [-0.15, -0.1) is 0 Å². The first kappa shape index (κ1) is 20.7. The van der Waals surface area contributed by atoms with Crippen molar-refractivity contribution >= 4 is 34.3 Å². The van der Waals surface area contributed by atoms with Gasteiger partial charge in [0.25, 0.3) is 0 Å². The summed E-state index contributed by atoms with van der Waals surface area (Å²) >= 11 is 0. The Morgan fingerprint density at radius 2 is 1.65 bits per heavy atom. The molecule has 2 aromatic carbocycles. The number of esters is 2. The molecular formula is C24H23NO6. The van der Waals surface area contributed by atoms with Crippen LogP contribution in [0, 0.1) is 5.92 Å². The minimum atomic E-state index is -1.29. The number of ketones is 1. The van der Waals surface area contributed by atoms with Gasteiger partial charge in [-0.1, -0.05) is 36.4 Å². The van der Waals surface area contributed by atoms with Crippen LogP contribution in [0.25, 0.3) is 16.5 Å². The van der Waals surface area contributed by atoms with Crippen LogP contribution in [0.4, 0.5) is 0 Å². The van der Waals surface area contributed by atoms with E-state index in [0.717, 1.165) is 10.8 Å². The van der Waals surface area contributed by atoms with Gasteiger partial charge in [0, 0.05) is 22.1 Å². The maximum atomic E-state index is 13.6. The van der Waals surface area contributed by atoms with E-state index >= 15 is 0 Å². The minimum absolute atomic E-state index is 0.0673. The highest BCUT2D eigenvalue weighted by Gasteiger charge is 2.47. The molecule has 2 aromatic rings. The Labute approximate surface area is 179 Å². The monoisotopic (exact) mass is 421 g/mol. The number of hydrogen-bond acceptors (Lipinski definition) is 7. The molecule has 1 unspecified atom stereocenters. The quantitative estimate of drug-likeness (QED) is 0.760. The van der Waals surface area contributed by atoms with Crippen LogP contribution in [0.3, 0.4) is 0 Å². The fourth-order valence-electron chi connectivity index (χ4n) is 4.02. The molecule has 0 saturated carbocycles. The van der Waals surface area contributed by atoms with E-state index < -0.39 is 23.4 Å². The maximum absolute atomic E-state index is 13.6. The average Bonchev–Trinajstić information content (AvgIpc) is 2.74. The van der Waals surface area contributed by atoms with Crippen LogP contribution in [0.5, 0.6) is 0 Å². The van der Waals surface area contributed by atoms with Crippen LogP contribution in [0.15, 0.2) is 53.4 Å². The van der Waals surface area contributed by atoms with Crippen LogP contribution in [0.2, 0.25) is 0 Å². The molecule has 2 aliphatic rings. The summed E-state index contributed by atoms with van der Waals surface area (Å²) in [7, 11) is 2.42. The molecule has 1 heterocycles. The van der Waals surface area contributed by atoms with Gasteiger partial charge in [0.2, 0.25) is 5.88 Å². The summed E-state index contributed by atoms with van der Waals surface area (Å²) in [4.78, 5) is 39.3. The predicted molar refractivity (Wildman–Crippen MR) is 114 cm³/mol. The van der Waals surface area contributed by atoms with Crippen molar-refractivity contribution in [2.45, 2.75) is 26.3 Å². The van der Waals surface area contributed by atoms with Gasteiger partial charge in [0.15, 0.2) is 5.78 Å². The maximum Gasteiger partial charge on any atom is 0.340 e. The Balaban J connectivity index is 2.03. The van der Waals surface area contributed by atoms with Gasteiger partial charge in [0.05, 0.1) is 19.8 Å². The minimum Gasteiger partial charge on any atom is -0.468 e. The molecule has 31 heavy (non-hydrogen) atoms. The van der Waals surface area contributed by atoms with E-state index in [-0.39, 0.29) is 28.6 Å². The van der Waals surface area contributed by atoms with E-state index in [9.17, 15) is 14.4 Å². The smallest absolute Gasteiger partial charge is 0.340 e. The molecule has 160 valence electrons. The van der Waals surface area contributed by atoms with Gasteiger partial charge < -0.3 is 19.5 Å². The summed E-state index contributed by atoms with van der Waals surface area (Å²) in [5, 5.41) is 4.76. The number of rotatable bonds is 3. The molecule has 1 atom stereocenters. The third-order valence-corrected chi connectivity index (χ3v) is 5.24. The zero-order chi connectivity index (χ0) is 22.5. The summed E-state index contributed by atoms with van der Waals surface area (Å²) in [6.07, 6.45) is 0. The van der Waals surface area contributed by atoms with Crippen molar-refractivity contribution in [1.82, 2.24) is 5.32 Å². The molecule has 7 heteroatoms. The van der Waals surface area contributed by atoms with Crippen molar-refractivity contribution < 1.29 is 28.6 Å². The first-order chi connectivity index (χ1) is 14.7. The molecule has 1 N–H and O–H groups in total. The molecule has 0 amide bonds. The number of fused-ring (bicyclic) bond motifs is 1. The largest absolute Gasteiger partial charge is 0.468 e. The molecular weight excluding hydrogens is 398 g/mol. The summed E-state index contributed by atoms with van der Waals surface area (Å²) in [6.45, 7) is 5.66. The van der Waals surface area contributed by atoms with E-state index in [2.05, 4.69) is 5.32 Å². The van der Waals surface area contributed by atoms with Crippen LogP contribution >= 0.6 is 0 Å². The summed E-state index contributed by atoms with van der Waals surface area (Å²) < 4.78 is 16.1. The Morgan fingerprint density at radius 3 is 2.23 bits per heavy atom. The number of nitrogens with one attached hydrogen (secondary N) is 1. The molecule has 0 spiro atoms. The van der Waals surface area contributed by atoms with E-state index in [4.69, 9.17) is 14.2 Å². The normalized spacial score (nSPS) is 17.8. The number of carbonyl (C=O) groups is 3. The second kappa shape index (κ2) is 7.27. The second-order valence-electron chi connectivity index (χ2n) is 8.45. The fraction of sp³-hybridized carbons (Fsp3) is 0.292. The molecule has 0 aromatic heterocycles. The predicted octanol–water partition coefficient (Wildman–Crippen LogP) is 3.34. The lowest BCUT2D eigenvalue weighted by Crippen LogP contribution is -2.42. The van der Waals surface area contributed by atoms with Crippen molar-refractivity contribution in [3.8, 4) is 0 Å². The summed E-state index contributed by atoms with van der Waals surface area (Å²) in [5.74, 6) is -2.89. The Bertz CT molecular complexity index is 1190. The van der Waals surface area contributed by atoms with Crippen molar-refractivity contribution in [2.24, 2.45) is 5.92 Å². The highest BCUT2D eigenvalue weighted by molar-refractivity contribution is 6.27. The molecule has 7 nitrogen and oxygen atoms in total. The van der Waals surface area contributed by atoms with Gasteiger partial charge in [-0.2, -0.15) is 0 Å². The third-order valence-electron chi connectivity index (χ3n) is 5.24. The summed E-state index contributed by atoms with van der Waals surface area (Å²) in [6, 6.07) is 11.0. The van der Waals surface area contributed by atoms with Crippen LogP contribution in [0.1, 0.15) is 36.7 Å². The average molecular weight is 421 g/mol. The second-order valence-corrected chi connectivity index (χ2v) is 8.45. The molecule has 0 bridgehead atoms. The van der Waals surface area contributed by atoms with Gasteiger partial charge in [0.1, 0.15) is 17.3 Å². The lowest BCUT2D eigenvalue weighted by molar-refractivity contribution is -0.146. The van der Waals surface area contributed by atoms with Crippen LogP contribution in [-0.2, 0) is 23.8 Å². The van der Waals surface area contributed by atoms with Gasteiger partial charge in [-0.25, -0.2) is 4.79 Å². The Hall–Kier alpha value is -3.61. The summed E-state index contributed by atoms with van der Waals surface area (Å²) in [5.41, 5.74) is 0.589. The SMILES string of the molecule is COC(=O)C1=C(NC(C)(C)C)OC2=C(C(=O)c3cccc4cccc2c34)C1C(=O)OC. The first-order valence-electron chi connectivity index (χ1n) is 9.85. The van der Waals surface area contributed by atoms with Crippen molar-refractivity contribution in [3.05, 3.63) is 64.6 Å². The lowest BCUT2D eigenvalue weighted by Gasteiger charge is -2.35. The first-order valence-corrected chi connectivity index (χ1v) is 9.85. The van der Waals surface area contributed by atoms with Crippen molar-refractivity contribution in [3.63, 3.8) is 0 Å². The van der Waals surface area contributed by atoms with Gasteiger partial charge in [-0.3, -0.25) is 9.59 Å². The standard InChI is InChI=1S/C24H23NO6/c1-24(2,3)25-21-18(23(28)30-5)16(22(27)29-4)17-19(26)13-10-6-8-12-9-7-11-14(15(12)13)20(17)31-21/h6-11,16,25H,1-5H3. The molecule has 0 radical (unpaired) electrons. The van der Waals surface area contributed by atoms with Gasteiger partial charge >= 0.3 is 11.9 Å². The van der Waals surface area contributed by atoms with E-state index in [1.165, 1.54) is 14.2 Å². The van der Waals surface area contributed by atoms with Crippen molar-refractivity contribution in [2.75, 3.05) is 14.2 Å². The molecule has 0 saturated heterocycles. The number of benzene rings is 2. The van der Waals surface area contributed by atoms with E-state index in [1.807, 2.05) is 45.0 Å². The fourth-order valence-corrected chi connectivity index (χ4v) is 4.02. The highest BCUT2D eigenvalue weighted by Crippen LogP contribution is 2.46. The molecule has 4 rings (SSSR count). The number of carbonyl (C=O) groups excluding carboxylic acids is 3. The number of methoxy groups -OCH3 is 2. The van der Waals surface area contributed by atoms with Gasteiger partial charge in [-0.05, 0) is 26.2 Å². The number of ether oxygens (including phenoxy) is 3. The topological polar surface area (TPSA) is 90.9 Å². The number of Topliss-reactive ketones (excluding diaryl/α,β-unsaturated/α-hetero) is 1. The van der Waals surface area contributed by atoms with Crippen LogP contribution < -0.4 is 5.32 Å². The zero-order valence-electron chi connectivity index (χ0n) is 18.0. The van der Waals surface area contributed by atoms with Crippen LogP contribution in [-0.4, -0.2) is 37.5 Å². The number of hydrogen-bond donors (Lipinski definition) is 1. The molecule has 0 fully saturated rings. The Morgan fingerprint density at radius 1 is 1.00 bits per heavy atom. The third kappa shape index (κ3) is 3.26. The van der Waals surface area contributed by atoms with E-state index in [1.54, 1.807) is 12.1 Å². The molecule has 1 aliphatic heterocycles. The van der Waals surface area contributed by atoms with E-state index in [0.29, 0.717) is 11.1 Å². The highest BCUT2D eigenvalue weighted by atomic mass is 16.5. The lowest BCUT2D eigenvalue weighted by atomic mass is 9.77. The zero-order valence-corrected chi connectivity index (χ0v) is 18.0.